The fourth-order valence-corrected chi connectivity index (χ4v) is 3.11. The van der Waals surface area contributed by atoms with Gasteiger partial charge in [-0.2, -0.15) is 0 Å². The van der Waals surface area contributed by atoms with E-state index < -0.39 is 5.82 Å². The number of anilines is 2. The van der Waals surface area contributed by atoms with Crippen molar-refractivity contribution >= 4 is 34.8 Å². The lowest BCUT2D eigenvalue weighted by atomic mass is 10.0. The molecular weight excluding hydrogens is 367 g/mol. The van der Waals surface area contributed by atoms with Crippen LogP contribution < -0.4 is 10.2 Å². The van der Waals surface area contributed by atoms with E-state index in [0.29, 0.717) is 5.69 Å². The predicted octanol–water partition coefficient (Wildman–Crippen LogP) is 4.99. The zero-order chi connectivity index (χ0) is 20.0. The zero-order valence-electron chi connectivity index (χ0n) is 15.8. The molecule has 2 amide bonds. The summed E-state index contributed by atoms with van der Waals surface area (Å²) in [5.74, 6) is -0.969. The molecule has 4 nitrogen and oxygen atoms in total. The maximum Gasteiger partial charge on any atom is 0.226 e. The highest BCUT2D eigenvalue weighted by molar-refractivity contribution is 6.31. The van der Waals surface area contributed by atoms with Gasteiger partial charge in [0.15, 0.2) is 0 Å². The van der Waals surface area contributed by atoms with Gasteiger partial charge in [-0.3, -0.25) is 9.59 Å². The van der Waals surface area contributed by atoms with Crippen LogP contribution in [0.25, 0.3) is 0 Å². The second kappa shape index (κ2) is 9.51. The number of rotatable bonds is 7. The zero-order valence-corrected chi connectivity index (χ0v) is 16.6. The summed E-state index contributed by atoms with van der Waals surface area (Å²) in [4.78, 5) is 25.9. The molecule has 0 aliphatic rings. The number of carbonyl (C=O) groups is 2. The number of hydrogen-bond donors (Lipinski definition) is 1. The van der Waals surface area contributed by atoms with E-state index in [9.17, 15) is 14.0 Å². The first-order chi connectivity index (χ1) is 12.9. The Morgan fingerprint density at radius 3 is 2.26 bits per heavy atom. The van der Waals surface area contributed by atoms with Gasteiger partial charge in [-0.1, -0.05) is 43.6 Å². The largest absolute Gasteiger partial charge is 0.326 e. The molecule has 1 N–H and O–H groups in total. The minimum Gasteiger partial charge on any atom is -0.326 e. The van der Waals surface area contributed by atoms with Crippen molar-refractivity contribution in [3.05, 3.63) is 58.4 Å². The standard InChI is InChI=1S/C21H24ClFN2O2/c1-4-15-7-6-8-16(5-2)21(15)24-20(27)11-12-25(14(3)26)17-9-10-19(23)18(22)13-17/h6-10,13H,4-5,11-12H2,1-3H3,(H,24,27). The van der Waals surface area contributed by atoms with Gasteiger partial charge in [0.05, 0.1) is 5.02 Å². The maximum absolute atomic E-state index is 13.4. The smallest absolute Gasteiger partial charge is 0.226 e. The third-order valence-electron chi connectivity index (χ3n) is 4.42. The third-order valence-corrected chi connectivity index (χ3v) is 4.71. The number of amides is 2. The number of nitrogens with one attached hydrogen (secondary N) is 1. The molecular formula is C21H24ClFN2O2. The lowest BCUT2D eigenvalue weighted by molar-refractivity contribution is -0.117. The molecule has 0 bridgehead atoms. The molecule has 0 radical (unpaired) electrons. The average Bonchev–Trinajstić information content (AvgIpc) is 2.64. The second-order valence-electron chi connectivity index (χ2n) is 6.23. The van der Waals surface area contributed by atoms with E-state index in [0.717, 1.165) is 29.7 Å². The van der Waals surface area contributed by atoms with Gasteiger partial charge in [0, 0.05) is 31.3 Å². The highest BCUT2D eigenvalue weighted by atomic mass is 35.5. The normalized spacial score (nSPS) is 10.6. The molecule has 0 fully saturated rings. The molecule has 0 aliphatic heterocycles. The van der Waals surface area contributed by atoms with Crippen molar-refractivity contribution < 1.29 is 14.0 Å². The summed E-state index contributed by atoms with van der Waals surface area (Å²) in [5, 5.41) is 2.92. The molecule has 0 atom stereocenters. The van der Waals surface area contributed by atoms with E-state index in [4.69, 9.17) is 11.6 Å². The van der Waals surface area contributed by atoms with E-state index in [2.05, 4.69) is 5.32 Å². The number of nitrogens with zero attached hydrogens (tertiary/aromatic N) is 1. The van der Waals surface area contributed by atoms with E-state index in [1.165, 1.54) is 30.0 Å². The average molecular weight is 391 g/mol. The number of para-hydroxylation sites is 1. The van der Waals surface area contributed by atoms with Gasteiger partial charge in [0.2, 0.25) is 11.8 Å². The summed E-state index contributed by atoms with van der Waals surface area (Å²) in [5.41, 5.74) is 3.48. The first kappa shape index (κ1) is 20.9. The molecule has 144 valence electrons. The van der Waals surface area contributed by atoms with E-state index in [1.54, 1.807) is 0 Å². The highest BCUT2D eigenvalue weighted by Gasteiger charge is 2.16. The van der Waals surface area contributed by atoms with Crippen LogP contribution in [0.3, 0.4) is 0 Å². The summed E-state index contributed by atoms with van der Waals surface area (Å²) in [7, 11) is 0. The van der Waals surface area contributed by atoms with E-state index in [-0.39, 0.29) is 29.8 Å². The van der Waals surface area contributed by atoms with Gasteiger partial charge in [-0.25, -0.2) is 4.39 Å². The Hall–Kier alpha value is -2.40. The molecule has 0 aliphatic carbocycles. The molecule has 2 aromatic rings. The molecule has 0 saturated heterocycles. The second-order valence-corrected chi connectivity index (χ2v) is 6.63. The Balaban J connectivity index is 2.11. The van der Waals surface area contributed by atoms with Crippen LogP contribution in [0, 0.1) is 5.82 Å². The first-order valence-corrected chi connectivity index (χ1v) is 9.38. The van der Waals surface area contributed by atoms with Crippen LogP contribution in [0.5, 0.6) is 0 Å². The van der Waals surface area contributed by atoms with Crippen molar-refractivity contribution in [2.75, 3.05) is 16.8 Å². The van der Waals surface area contributed by atoms with Crippen molar-refractivity contribution in [1.29, 1.82) is 0 Å². The molecule has 0 heterocycles. The lowest BCUT2D eigenvalue weighted by Gasteiger charge is -2.22. The van der Waals surface area contributed by atoms with Gasteiger partial charge >= 0.3 is 0 Å². The Morgan fingerprint density at radius 2 is 1.74 bits per heavy atom. The topological polar surface area (TPSA) is 49.4 Å². The molecule has 0 unspecified atom stereocenters. The number of hydrogen-bond acceptors (Lipinski definition) is 2. The molecule has 27 heavy (non-hydrogen) atoms. The van der Waals surface area contributed by atoms with Gasteiger partial charge in [-0.05, 0) is 42.2 Å². The molecule has 2 aromatic carbocycles. The Morgan fingerprint density at radius 1 is 1.11 bits per heavy atom. The van der Waals surface area contributed by atoms with Crippen molar-refractivity contribution in [1.82, 2.24) is 0 Å². The predicted molar refractivity (Wildman–Crippen MR) is 108 cm³/mol. The summed E-state index contributed by atoms with van der Waals surface area (Å²) < 4.78 is 13.4. The van der Waals surface area contributed by atoms with Crippen LogP contribution in [0.2, 0.25) is 5.02 Å². The molecule has 0 spiro atoms. The van der Waals surface area contributed by atoms with E-state index >= 15 is 0 Å². The number of aryl methyl sites for hydroxylation is 2. The Labute approximate surface area is 164 Å². The fourth-order valence-electron chi connectivity index (χ4n) is 2.94. The quantitative estimate of drug-likeness (QED) is 0.724. The molecule has 0 aromatic heterocycles. The minimum absolute atomic E-state index is 0.0623. The molecule has 0 saturated carbocycles. The third kappa shape index (κ3) is 5.30. The Bertz CT molecular complexity index is 817. The van der Waals surface area contributed by atoms with Crippen molar-refractivity contribution in [3.8, 4) is 0 Å². The highest BCUT2D eigenvalue weighted by Crippen LogP contribution is 2.24. The fraction of sp³-hybridized carbons (Fsp3) is 0.333. The maximum atomic E-state index is 13.4. The first-order valence-electron chi connectivity index (χ1n) is 9.01. The summed E-state index contributed by atoms with van der Waals surface area (Å²) in [6, 6.07) is 10.1. The SMILES string of the molecule is CCc1cccc(CC)c1NC(=O)CCN(C(C)=O)c1ccc(F)c(Cl)c1. The van der Waals surface area contributed by atoms with E-state index in [1.807, 2.05) is 32.0 Å². The monoisotopic (exact) mass is 390 g/mol. The molecule has 6 heteroatoms. The summed E-state index contributed by atoms with van der Waals surface area (Å²) >= 11 is 5.81. The van der Waals surface area contributed by atoms with Crippen LogP contribution in [-0.4, -0.2) is 18.4 Å². The van der Waals surface area contributed by atoms with Crippen LogP contribution in [0.15, 0.2) is 36.4 Å². The van der Waals surface area contributed by atoms with Crippen LogP contribution in [0.4, 0.5) is 15.8 Å². The molecule has 2 rings (SSSR count). The number of carbonyl (C=O) groups excluding carboxylic acids is 2. The minimum atomic E-state index is -0.551. The van der Waals surface area contributed by atoms with Crippen molar-refractivity contribution in [2.45, 2.75) is 40.0 Å². The summed E-state index contributed by atoms with van der Waals surface area (Å²) in [6.45, 7) is 5.66. The van der Waals surface area contributed by atoms with Crippen LogP contribution >= 0.6 is 11.6 Å². The number of benzene rings is 2. The van der Waals surface area contributed by atoms with Crippen LogP contribution in [0.1, 0.15) is 38.3 Å². The lowest BCUT2D eigenvalue weighted by Crippen LogP contribution is -2.32. The summed E-state index contributed by atoms with van der Waals surface area (Å²) in [6.07, 6.45) is 1.75. The van der Waals surface area contributed by atoms with Gasteiger partial charge < -0.3 is 10.2 Å². The number of halogens is 2. The Kier molecular flexibility index (Phi) is 7.36. The van der Waals surface area contributed by atoms with Crippen molar-refractivity contribution in [2.24, 2.45) is 0 Å². The van der Waals surface area contributed by atoms with Crippen molar-refractivity contribution in [3.63, 3.8) is 0 Å². The van der Waals surface area contributed by atoms with Gasteiger partial charge in [-0.15, -0.1) is 0 Å². The van der Waals surface area contributed by atoms with Gasteiger partial charge in [0.25, 0.3) is 0 Å². The van der Waals surface area contributed by atoms with Gasteiger partial charge in [0.1, 0.15) is 5.82 Å². The van der Waals surface area contributed by atoms with Crippen LogP contribution in [-0.2, 0) is 22.4 Å².